The SMILES string of the molecule is CCCC1(Cc2cc3c(-c4ccc([Si](C)(C)C)cc4)cccc3[cH-]2)CCCC1.CCCC1(Cc2cc3c(-c4ccc([Si](C)(C)C)cc4)cccc3[cH-]2)CCCC1.Cl.Cl.[CH3-].[CH3-].[Si]=[Zr]. The van der Waals surface area contributed by atoms with E-state index >= 15 is 0 Å². The molecule has 62 heavy (non-hydrogen) atoms. The van der Waals surface area contributed by atoms with Crippen LogP contribution in [0.2, 0.25) is 39.3 Å². The number of hydrogen-bond donors (Lipinski definition) is 0. The molecule has 0 saturated heterocycles. The molecule has 0 atom stereocenters. The summed E-state index contributed by atoms with van der Waals surface area (Å²) in [6.07, 6.45) is 19.3. The Morgan fingerprint density at radius 3 is 1.13 bits per heavy atom. The van der Waals surface area contributed by atoms with Crippen LogP contribution in [0.25, 0.3) is 43.8 Å². The van der Waals surface area contributed by atoms with E-state index in [9.17, 15) is 0 Å². The molecule has 336 valence electrons. The van der Waals surface area contributed by atoms with Crippen LogP contribution in [-0.4, -0.2) is 23.0 Å². The second kappa shape index (κ2) is 24.7. The molecule has 0 unspecified atom stereocenters. The summed E-state index contributed by atoms with van der Waals surface area (Å²) in [4.78, 5) is 0. The van der Waals surface area contributed by atoms with Crippen LogP contribution < -0.4 is 10.4 Å². The zero-order valence-corrected chi connectivity index (χ0v) is 47.2. The van der Waals surface area contributed by atoms with E-state index in [0.717, 1.165) is 0 Å². The summed E-state index contributed by atoms with van der Waals surface area (Å²) in [6, 6.07) is 42.3. The molecule has 2 aliphatic carbocycles. The second-order valence-electron chi connectivity index (χ2n) is 20.3. The zero-order chi connectivity index (χ0) is 41.6. The third-order valence-corrected chi connectivity index (χ3v) is 17.9. The summed E-state index contributed by atoms with van der Waals surface area (Å²) in [6.45, 7) is 22.3. The van der Waals surface area contributed by atoms with Crippen molar-refractivity contribution in [1.82, 2.24) is 0 Å². The number of fused-ring (bicyclic) bond motifs is 2. The number of benzene rings is 4. The van der Waals surface area contributed by atoms with E-state index in [1.54, 1.807) is 11.1 Å². The quantitative estimate of drug-likeness (QED) is 0.0847. The van der Waals surface area contributed by atoms with Gasteiger partial charge < -0.3 is 14.9 Å². The molecular formula is C56H78Cl2Si3Zr-4. The molecule has 0 aliphatic heterocycles. The molecule has 2 radical (unpaired) electrons. The first kappa shape index (κ1) is 56.3. The van der Waals surface area contributed by atoms with E-state index in [4.69, 9.17) is 0 Å². The summed E-state index contributed by atoms with van der Waals surface area (Å²) in [5.41, 5.74) is 9.73. The number of rotatable bonds is 12. The molecule has 2 fully saturated rings. The minimum atomic E-state index is -1.24. The van der Waals surface area contributed by atoms with E-state index in [1.807, 2.05) is 0 Å². The van der Waals surface area contributed by atoms with Gasteiger partial charge in [0.15, 0.2) is 0 Å². The predicted molar refractivity (Wildman–Crippen MR) is 288 cm³/mol. The molecular weight excluding hydrogens is 919 g/mol. The van der Waals surface area contributed by atoms with Gasteiger partial charge in [-0.25, -0.2) is 0 Å². The van der Waals surface area contributed by atoms with Crippen molar-refractivity contribution in [3.63, 3.8) is 0 Å². The Balaban J connectivity index is 0.000000386. The van der Waals surface area contributed by atoms with E-state index in [0.29, 0.717) is 10.8 Å². The van der Waals surface area contributed by atoms with Crippen molar-refractivity contribution >= 4 is 79.8 Å². The fourth-order valence-corrected chi connectivity index (χ4v) is 13.1. The van der Waals surface area contributed by atoms with Crippen molar-refractivity contribution < 1.29 is 23.3 Å². The first-order chi connectivity index (χ1) is 27.8. The van der Waals surface area contributed by atoms with Crippen molar-refractivity contribution in [3.8, 4) is 22.3 Å². The van der Waals surface area contributed by atoms with Crippen molar-refractivity contribution in [2.24, 2.45) is 10.8 Å². The van der Waals surface area contributed by atoms with Crippen molar-refractivity contribution in [2.45, 2.75) is 143 Å². The van der Waals surface area contributed by atoms with Gasteiger partial charge in [-0.05, 0) is 73.3 Å². The molecule has 0 amide bonds. The predicted octanol–water partition coefficient (Wildman–Crippen LogP) is 16.7. The first-order valence-corrected chi connectivity index (χ1v) is 33.8. The van der Waals surface area contributed by atoms with Crippen LogP contribution in [0.4, 0.5) is 0 Å². The molecule has 0 N–H and O–H groups in total. The van der Waals surface area contributed by atoms with E-state index < -0.39 is 16.1 Å². The van der Waals surface area contributed by atoms with Gasteiger partial charge in [-0.3, -0.25) is 0 Å². The Morgan fingerprint density at radius 2 is 0.839 bits per heavy atom. The Bertz CT molecular complexity index is 2060. The molecule has 6 heteroatoms. The summed E-state index contributed by atoms with van der Waals surface area (Å²) < 4.78 is 0. The van der Waals surface area contributed by atoms with Crippen LogP contribution in [0.15, 0.2) is 109 Å². The average Bonchev–Trinajstić information content (AvgIpc) is 4.03. The molecule has 2 saturated carbocycles. The average molecular weight is 998 g/mol. The summed E-state index contributed by atoms with van der Waals surface area (Å²) in [5.74, 6) is 0. The normalized spacial score (nSPS) is 15.1. The summed E-state index contributed by atoms with van der Waals surface area (Å²) >= 11 is 1.36. The van der Waals surface area contributed by atoms with Crippen molar-refractivity contribution in [1.29, 1.82) is 0 Å². The zero-order valence-electron chi connectivity index (χ0n) is 40.1. The summed E-state index contributed by atoms with van der Waals surface area (Å²) in [5, 5.41) is 8.76. The standard InChI is InChI=1S/2C27H35Si.2CH3.2ClH.Si.Zr/c2*1-5-15-27(16-6-7-17-27)20-21-18-23-9-8-10-25(26(23)19-21)22-11-13-24(14-12-22)28(2,3)4;;;;;;/h2*8-14,18-19H,5-7,15-17,20H2,1-4H3;2*1H3;2*1H;;/q4*-1;;;;. The van der Waals surface area contributed by atoms with Crippen LogP contribution in [0.1, 0.15) is 102 Å². The Kier molecular flexibility index (Phi) is 22.4. The summed E-state index contributed by atoms with van der Waals surface area (Å²) in [7, 11) is -2.49. The third kappa shape index (κ3) is 13.6. The maximum absolute atomic E-state index is 3.06. The van der Waals surface area contributed by atoms with Gasteiger partial charge in [0, 0.05) is 0 Å². The van der Waals surface area contributed by atoms with Gasteiger partial charge in [0.05, 0.1) is 16.1 Å². The van der Waals surface area contributed by atoms with E-state index in [1.165, 1.54) is 167 Å². The molecule has 6 aromatic carbocycles. The molecule has 2 aliphatic rings. The third-order valence-electron chi connectivity index (χ3n) is 13.8. The fraction of sp³-hybridized carbons (Fsp3) is 0.429. The van der Waals surface area contributed by atoms with Gasteiger partial charge in [-0.1, -0.05) is 174 Å². The van der Waals surface area contributed by atoms with Crippen LogP contribution in [0, 0.1) is 25.7 Å². The van der Waals surface area contributed by atoms with Crippen LogP contribution in [0.5, 0.6) is 0 Å². The van der Waals surface area contributed by atoms with Crippen LogP contribution in [-0.2, 0) is 36.2 Å². The molecule has 0 heterocycles. The molecule has 0 spiro atoms. The van der Waals surface area contributed by atoms with Crippen LogP contribution in [0.3, 0.4) is 0 Å². The monoisotopic (exact) mass is 994 g/mol. The van der Waals surface area contributed by atoms with Gasteiger partial charge in [-0.15, -0.1) is 93.9 Å². The number of halogens is 2. The minimum absolute atomic E-state index is 0. The first-order valence-electron chi connectivity index (χ1n) is 22.6. The Morgan fingerprint density at radius 1 is 0.516 bits per heavy atom. The van der Waals surface area contributed by atoms with E-state index in [2.05, 4.69) is 169 Å². The molecule has 8 rings (SSSR count). The maximum atomic E-state index is 3.06. The van der Waals surface area contributed by atoms with Gasteiger partial charge in [0.2, 0.25) is 0 Å². The molecule has 0 aromatic heterocycles. The Hall–Kier alpha value is -1.79. The van der Waals surface area contributed by atoms with Gasteiger partial charge >= 0.3 is 30.2 Å². The second-order valence-corrected chi connectivity index (χ2v) is 30.4. The molecule has 6 aromatic rings. The van der Waals surface area contributed by atoms with Crippen molar-refractivity contribution in [2.75, 3.05) is 0 Å². The van der Waals surface area contributed by atoms with Gasteiger partial charge in [0.25, 0.3) is 0 Å². The number of hydrogen-bond acceptors (Lipinski definition) is 0. The molecule has 0 bridgehead atoms. The fourth-order valence-electron chi connectivity index (χ4n) is 10.8. The van der Waals surface area contributed by atoms with Gasteiger partial charge in [0.1, 0.15) is 0 Å². The Labute approximate surface area is 411 Å². The molecule has 0 nitrogen and oxygen atoms in total. The topological polar surface area (TPSA) is 0 Å². The van der Waals surface area contributed by atoms with Crippen molar-refractivity contribution in [3.05, 3.63) is 135 Å². The van der Waals surface area contributed by atoms with Crippen LogP contribution >= 0.6 is 24.8 Å². The van der Waals surface area contributed by atoms with Gasteiger partial charge in [-0.2, -0.15) is 12.1 Å². The van der Waals surface area contributed by atoms with E-state index in [-0.39, 0.29) is 39.7 Å².